The van der Waals surface area contributed by atoms with E-state index >= 15 is 0 Å². The number of rotatable bonds is 2. The number of benzene rings is 1. The molecule has 2 heteroatoms. The average molecular weight is 184 g/mol. The minimum atomic E-state index is 0.821. The van der Waals surface area contributed by atoms with Crippen molar-refractivity contribution >= 4 is 0 Å². The number of hydrogen-bond donors (Lipinski definition) is 0. The maximum absolute atomic E-state index is 4.16. The minimum absolute atomic E-state index is 0.821. The van der Waals surface area contributed by atoms with E-state index in [0.29, 0.717) is 0 Å². The molecule has 0 saturated carbocycles. The van der Waals surface area contributed by atoms with Crippen molar-refractivity contribution in [1.29, 1.82) is 0 Å². The Bertz CT molecular complexity index is 392. The van der Waals surface area contributed by atoms with Crippen LogP contribution in [-0.2, 0) is 6.42 Å². The van der Waals surface area contributed by atoms with E-state index in [1.807, 2.05) is 37.5 Å². The van der Waals surface area contributed by atoms with Crippen LogP contribution in [0.3, 0.4) is 0 Å². The fourth-order valence-corrected chi connectivity index (χ4v) is 1.34. The van der Waals surface area contributed by atoms with E-state index in [1.165, 1.54) is 5.56 Å². The maximum atomic E-state index is 4.16. The molecule has 0 spiro atoms. The molecule has 0 bridgehead atoms. The van der Waals surface area contributed by atoms with Crippen molar-refractivity contribution in [3.8, 4) is 0 Å². The van der Waals surface area contributed by atoms with Gasteiger partial charge in [-0.3, -0.25) is 0 Å². The first-order valence-electron chi connectivity index (χ1n) is 4.66. The number of hydrogen-bond acceptors (Lipinski definition) is 2. The molecule has 0 amide bonds. The third kappa shape index (κ3) is 2.16. The molecule has 2 nitrogen and oxygen atoms in total. The van der Waals surface area contributed by atoms with Gasteiger partial charge in [-0.25, -0.2) is 9.97 Å². The van der Waals surface area contributed by atoms with Crippen molar-refractivity contribution in [3.05, 3.63) is 59.7 Å². The standard InChI is InChI=1S/C12H12N2/c1-10-13-8-12(9-14-10)7-11-5-3-2-4-6-11/h2-6,8-9H,7H2,1H3. The summed E-state index contributed by atoms with van der Waals surface area (Å²) in [6.45, 7) is 1.90. The van der Waals surface area contributed by atoms with Crippen LogP contribution in [0.5, 0.6) is 0 Å². The van der Waals surface area contributed by atoms with E-state index in [0.717, 1.165) is 17.8 Å². The lowest BCUT2D eigenvalue weighted by Crippen LogP contribution is -1.92. The second-order valence-corrected chi connectivity index (χ2v) is 3.30. The van der Waals surface area contributed by atoms with Crippen molar-refractivity contribution in [3.63, 3.8) is 0 Å². The molecule has 0 N–H and O–H groups in total. The van der Waals surface area contributed by atoms with Crippen LogP contribution in [0, 0.1) is 6.92 Å². The van der Waals surface area contributed by atoms with Gasteiger partial charge in [0.2, 0.25) is 0 Å². The van der Waals surface area contributed by atoms with Crippen molar-refractivity contribution < 1.29 is 0 Å². The van der Waals surface area contributed by atoms with E-state index in [4.69, 9.17) is 0 Å². The van der Waals surface area contributed by atoms with Gasteiger partial charge in [-0.15, -0.1) is 0 Å². The summed E-state index contributed by atoms with van der Waals surface area (Å²) in [5.74, 6) is 0.821. The van der Waals surface area contributed by atoms with Crippen molar-refractivity contribution in [2.45, 2.75) is 13.3 Å². The van der Waals surface area contributed by atoms with Gasteiger partial charge in [-0.05, 0) is 18.1 Å². The molecule has 2 aromatic rings. The summed E-state index contributed by atoms with van der Waals surface area (Å²) in [6, 6.07) is 10.3. The molecular weight excluding hydrogens is 172 g/mol. The molecule has 0 radical (unpaired) electrons. The highest BCUT2D eigenvalue weighted by Crippen LogP contribution is 2.06. The summed E-state index contributed by atoms with van der Waals surface area (Å²) < 4.78 is 0. The molecule has 2 rings (SSSR count). The van der Waals surface area contributed by atoms with E-state index in [-0.39, 0.29) is 0 Å². The van der Waals surface area contributed by atoms with Crippen LogP contribution >= 0.6 is 0 Å². The Morgan fingerprint density at radius 2 is 1.57 bits per heavy atom. The first-order valence-corrected chi connectivity index (χ1v) is 4.66. The second-order valence-electron chi connectivity index (χ2n) is 3.30. The van der Waals surface area contributed by atoms with E-state index in [9.17, 15) is 0 Å². The Morgan fingerprint density at radius 1 is 0.929 bits per heavy atom. The van der Waals surface area contributed by atoms with Crippen molar-refractivity contribution in [2.24, 2.45) is 0 Å². The van der Waals surface area contributed by atoms with E-state index in [2.05, 4.69) is 22.1 Å². The topological polar surface area (TPSA) is 25.8 Å². The highest BCUT2D eigenvalue weighted by atomic mass is 14.8. The van der Waals surface area contributed by atoms with Crippen LogP contribution in [0.1, 0.15) is 17.0 Å². The Labute approximate surface area is 83.7 Å². The summed E-state index contributed by atoms with van der Waals surface area (Å²) in [6.07, 6.45) is 4.67. The van der Waals surface area contributed by atoms with E-state index in [1.54, 1.807) is 0 Å². The summed E-state index contributed by atoms with van der Waals surface area (Å²) in [5, 5.41) is 0. The van der Waals surface area contributed by atoms with Gasteiger partial charge in [-0.2, -0.15) is 0 Å². The van der Waals surface area contributed by atoms with Gasteiger partial charge in [-0.1, -0.05) is 30.3 Å². The lowest BCUT2D eigenvalue weighted by atomic mass is 10.1. The Balaban J connectivity index is 2.16. The van der Waals surface area contributed by atoms with Crippen molar-refractivity contribution in [2.75, 3.05) is 0 Å². The molecule has 0 fully saturated rings. The maximum Gasteiger partial charge on any atom is 0.125 e. The third-order valence-corrected chi connectivity index (χ3v) is 2.09. The number of aryl methyl sites for hydroxylation is 1. The Morgan fingerprint density at radius 3 is 2.21 bits per heavy atom. The van der Waals surface area contributed by atoms with E-state index < -0.39 is 0 Å². The van der Waals surface area contributed by atoms with Crippen LogP contribution in [0.25, 0.3) is 0 Å². The third-order valence-electron chi connectivity index (χ3n) is 2.09. The first-order chi connectivity index (χ1) is 6.84. The van der Waals surface area contributed by atoms with Crippen molar-refractivity contribution in [1.82, 2.24) is 9.97 Å². The Hall–Kier alpha value is -1.70. The molecule has 14 heavy (non-hydrogen) atoms. The van der Waals surface area contributed by atoms with Gasteiger partial charge >= 0.3 is 0 Å². The van der Waals surface area contributed by atoms with Gasteiger partial charge in [0.15, 0.2) is 0 Å². The molecule has 1 aromatic heterocycles. The zero-order valence-corrected chi connectivity index (χ0v) is 8.14. The molecule has 0 aliphatic heterocycles. The molecular formula is C12H12N2. The monoisotopic (exact) mass is 184 g/mol. The largest absolute Gasteiger partial charge is 0.241 e. The van der Waals surface area contributed by atoms with Crippen LogP contribution in [0.15, 0.2) is 42.7 Å². The summed E-state index contributed by atoms with van der Waals surface area (Å²) in [7, 11) is 0. The SMILES string of the molecule is Cc1ncc(Cc2ccccc2)cn1. The quantitative estimate of drug-likeness (QED) is 0.716. The zero-order valence-electron chi connectivity index (χ0n) is 8.14. The lowest BCUT2D eigenvalue weighted by molar-refractivity contribution is 1.00. The van der Waals surface area contributed by atoms with Crippen LogP contribution in [0.4, 0.5) is 0 Å². The molecule has 0 atom stereocenters. The summed E-state index contributed by atoms with van der Waals surface area (Å²) in [4.78, 5) is 8.33. The second kappa shape index (κ2) is 4.01. The average Bonchev–Trinajstić information content (AvgIpc) is 2.23. The lowest BCUT2D eigenvalue weighted by Gasteiger charge is -2.00. The van der Waals surface area contributed by atoms with Gasteiger partial charge in [0.05, 0.1) is 0 Å². The van der Waals surface area contributed by atoms with Gasteiger partial charge in [0.1, 0.15) is 5.82 Å². The number of aromatic nitrogens is 2. The summed E-state index contributed by atoms with van der Waals surface area (Å²) >= 11 is 0. The normalized spacial score (nSPS) is 10.1. The molecule has 1 heterocycles. The molecule has 1 aromatic carbocycles. The minimum Gasteiger partial charge on any atom is -0.241 e. The predicted molar refractivity (Wildman–Crippen MR) is 56.0 cm³/mol. The fraction of sp³-hybridized carbons (Fsp3) is 0.167. The summed E-state index contributed by atoms with van der Waals surface area (Å²) in [5.41, 5.74) is 2.45. The first kappa shape index (κ1) is 8.88. The van der Waals surface area contributed by atoms with Gasteiger partial charge in [0, 0.05) is 18.8 Å². The predicted octanol–water partition coefficient (Wildman–Crippen LogP) is 2.38. The smallest absolute Gasteiger partial charge is 0.125 e. The van der Waals surface area contributed by atoms with Crippen LogP contribution < -0.4 is 0 Å². The molecule has 0 unspecified atom stereocenters. The zero-order chi connectivity index (χ0) is 9.80. The molecule has 70 valence electrons. The molecule has 0 aliphatic rings. The highest BCUT2D eigenvalue weighted by Gasteiger charge is 1.95. The van der Waals surface area contributed by atoms with Gasteiger partial charge in [0.25, 0.3) is 0 Å². The van der Waals surface area contributed by atoms with Crippen LogP contribution in [-0.4, -0.2) is 9.97 Å². The van der Waals surface area contributed by atoms with Gasteiger partial charge < -0.3 is 0 Å². The highest BCUT2D eigenvalue weighted by molar-refractivity contribution is 5.22. The van der Waals surface area contributed by atoms with Crippen LogP contribution in [0.2, 0.25) is 0 Å². The molecule has 0 aliphatic carbocycles. The molecule has 0 saturated heterocycles. The number of nitrogens with zero attached hydrogens (tertiary/aromatic N) is 2. The Kier molecular flexibility index (Phi) is 2.54. The fourth-order valence-electron chi connectivity index (χ4n) is 1.34.